The van der Waals surface area contributed by atoms with Crippen LogP contribution in [-0.4, -0.2) is 0 Å². The summed E-state index contributed by atoms with van der Waals surface area (Å²) in [7, 11) is 0. The molecular weight excluding hydrogens is 1440 g/mol. The Hall–Kier alpha value is -15.6. The number of benzene rings is 24. The summed E-state index contributed by atoms with van der Waals surface area (Å²) in [6.07, 6.45) is 0. The monoisotopic (exact) mass is 1540 g/mol. The molecule has 0 heterocycles. The first kappa shape index (κ1) is 50.0. The van der Waals surface area contributed by atoms with Crippen molar-refractivity contribution in [2.45, 2.75) is 0 Å². The van der Waals surface area contributed by atoms with Crippen LogP contribution in [0.4, 0.5) is 0 Å². The third kappa shape index (κ3) is 12.6. The lowest BCUT2D eigenvalue weighted by Gasteiger charge is -2.20. The zero-order valence-corrected chi connectivity index (χ0v) is 64.2. The van der Waals surface area contributed by atoms with Crippen molar-refractivity contribution < 1.29 is 32.9 Å². The van der Waals surface area contributed by atoms with Gasteiger partial charge >= 0.3 is 0 Å². The second-order valence-corrected chi connectivity index (χ2v) is 29.7. The molecule has 0 aliphatic carbocycles. The molecule has 24 aromatic rings. The van der Waals surface area contributed by atoms with Crippen LogP contribution in [0.25, 0.3) is 229 Å². The maximum absolute atomic E-state index is 9.34. The van der Waals surface area contributed by atoms with E-state index in [-0.39, 0.29) is 137 Å². The molecule has 0 aliphatic rings. The fraction of sp³-hybridized carbons (Fsp3) is 0. The largest absolute Gasteiger partial charge is 0.0629 e. The van der Waals surface area contributed by atoms with E-state index in [4.69, 9.17) is 16.4 Å². The van der Waals surface area contributed by atoms with Crippen molar-refractivity contribution in [3.63, 3.8) is 0 Å². The van der Waals surface area contributed by atoms with Crippen LogP contribution >= 0.6 is 0 Å². The first-order valence-electron chi connectivity index (χ1n) is 51.6. The van der Waals surface area contributed by atoms with Crippen LogP contribution in [0.3, 0.4) is 0 Å². The summed E-state index contributed by atoms with van der Waals surface area (Å²) in [5.74, 6) is 0. The van der Waals surface area contributed by atoms with E-state index in [1.165, 1.54) is 0 Å². The Bertz CT molecular complexity index is 9450. The molecule has 0 unspecified atom stereocenters. The third-order valence-electron chi connectivity index (χ3n) is 23.1. The van der Waals surface area contributed by atoms with Gasteiger partial charge in [0.1, 0.15) is 0 Å². The molecule has 24 aromatic carbocycles. The molecule has 558 valence electrons. The normalized spacial score (nSPS) is 14.3. The zero-order valence-electron chi connectivity index (χ0n) is 88.2. The Kier molecular flexibility index (Phi) is 12.7. The molecular formula is C120H78. The van der Waals surface area contributed by atoms with Crippen molar-refractivity contribution in [1.82, 2.24) is 0 Å². The van der Waals surface area contributed by atoms with E-state index in [0.29, 0.717) is 66.8 Å². The molecule has 0 heteroatoms. The lowest BCUT2D eigenvalue weighted by molar-refractivity contribution is 1.63. The quantitative estimate of drug-likeness (QED) is 0.126. The Morgan fingerprint density at radius 1 is 0.117 bits per heavy atom. The number of hydrogen-bond acceptors (Lipinski definition) is 0. The molecule has 0 saturated heterocycles. The van der Waals surface area contributed by atoms with Crippen molar-refractivity contribution in [1.29, 1.82) is 0 Å². The molecule has 0 fully saturated rings. The van der Waals surface area contributed by atoms with E-state index in [0.717, 1.165) is 98.0 Å². The summed E-state index contributed by atoms with van der Waals surface area (Å²) in [4.78, 5) is 0. The summed E-state index contributed by atoms with van der Waals surface area (Å²) in [6, 6.07) is 97.1. The average Bonchev–Trinajstić information content (AvgIpc) is 0.699. The predicted molar refractivity (Wildman–Crippen MR) is 518 cm³/mol. The van der Waals surface area contributed by atoms with Crippen LogP contribution < -0.4 is 0 Å². The molecule has 0 nitrogen and oxygen atoms in total. The maximum atomic E-state index is 9.34. The topological polar surface area (TPSA) is 0 Å². The summed E-state index contributed by atoms with van der Waals surface area (Å²) < 4.78 is 216. The molecule has 0 atom stereocenters. The van der Waals surface area contributed by atoms with Gasteiger partial charge in [-0.2, -0.15) is 0 Å². The maximum Gasteiger partial charge on any atom is 0.0629 e. The predicted octanol–water partition coefficient (Wildman–Crippen LogP) is 33.9. The molecule has 0 bridgehead atoms. The van der Waals surface area contributed by atoms with Crippen molar-refractivity contribution in [2.75, 3.05) is 0 Å². The summed E-state index contributed by atoms with van der Waals surface area (Å²) >= 11 is 0. The van der Waals surface area contributed by atoms with Crippen molar-refractivity contribution in [2.24, 2.45) is 0 Å². The number of rotatable bonds is 9. The van der Waals surface area contributed by atoms with Gasteiger partial charge in [-0.1, -0.05) is 448 Å². The van der Waals surface area contributed by atoms with Crippen LogP contribution in [0, 0.1) is 0 Å². The van der Waals surface area contributed by atoms with Gasteiger partial charge < -0.3 is 0 Å². The summed E-state index contributed by atoms with van der Waals surface area (Å²) in [5, 5.41) is 13.3. The lowest BCUT2D eigenvalue weighted by Crippen LogP contribution is -1.93. The van der Waals surface area contributed by atoms with Crippen molar-refractivity contribution in [3.05, 3.63) is 473 Å². The van der Waals surface area contributed by atoms with Gasteiger partial charge in [0.05, 0.1) is 32.9 Å². The summed E-state index contributed by atoms with van der Waals surface area (Å²) in [5.41, 5.74) is 11.6. The van der Waals surface area contributed by atoms with Gasteiger partial charge in [0.2, 0.25) is 0 Å². The highest BCUT2D eigenvalue weighted by atomic mass is 14.3. The minimum Gasteiger partial charge on any atom is -0.0622 e. The van der Waals surface area contributed by atoms with E-state index in [1.807, 2.05) is 315 Å². The van der Waals surface area contributed by atoms with Crippen LogP contribution in [0.15, 0.2) is 473 Å². The molecule has 0 amide bonds. The van der Waals surface area contributed by atoms with Crippen LogP contribution in [0.5, 0.6) is 0 Å². The minimum atomic E-state index is -0.414. The number of fused-ring (bicyclic) bond motifs is 12. The highest BCUT2D eigenvalue weighted by molar-refractivity contribution is 6.28. The fourth-order valence-corrected chi connectivity index (χ4v) is 17.7. The van der Waals surface area contributed by atoms with Gasteiger partial charge in [-0.3, -0.25) is 0 Å². The molecule has 0 saturated carbocycles. The highest BCUT2D eigenvalue weighted by Crippen LogP contribution is 2.51. The van der Waals surface area contributed by atoms with Gasteiger partial charge in [0.25, 0.3) is 0 Å². The Balaban J connectivity index is 0.000000123. The van der Waals surface area contributed by atoms with E-state index >= 15 is 0 Å². The first-order valence-corrected chi connectivity index (χ1v) is 39.6. The third-order valence-corrected chi connectivity index (χ3v) is 23.1. The Labute approximate surface area is 731 Å². The van der Waals surface area contributed by atoms with E-state index in [1.54, 1.807) is 0 Å². The second kappa shape index (κ2) is 30.5. The SMILES string of the molecule is [2H]c1c([2H])c([2H])c2c(-c3ccc(-c4ccccc4)c4ccccc34)c3c([2H])c([2H])c([2H])c([2H])c3c(-c3cccc4ccccc34)c2c1[2H].[2H]c1c([2H])c([2H])c2c(-c3cccc4ccccc34)c3c([2H])c([2H])c([2H])c([2H])c3c(-c3ccc4cc(-c5ccccc5)ccc4c3)c2c1[2H].[2H]c1c([2H])c([2H])c2c(-c3cccc4ccccc34)c3c([2H])c([2H])c([2H])c([2H])c3c(-c3cccc(-c4ccc5ccccc5c4)c3)c2c1[2H]. The van der Waals surface area contributed by atoms with E-state index < -0.39 is 72.5 Å². The van der Waals surface area contributed by atoms with Crippen LogP contribution in [0.2, 0.25) is 0 Å². The Morgan fingerprint density at radius 2 is 0.350 bits per heavy atom. The summed E-state index contributed by atoms with van der Waals surface area (Å²) in [6.45, 7) is 0. The van der Waals surface area contributed by atoms with Gasteiger partial charge in [-0.05, 0) is 254 Å². The molecule has 0 spiro atoms. The van der Waals surface area contributed by atoms with E-state index in [9.17, 15) is 16.4 Å². The van der Waals surface area contributed by atoms with E-state index in [2.05, 4.69) is 12.1 Å². The van der Waals surface area contributed by atoms with Gasteiger partial charge in [-0.25, -0.2) is 0 Å². The molecule has 0 N–H and O–H groups in total. The minimum absolute atomic E-state index is 0.206. The lowest BCUT2D eigenvalue weighted by atomic mass is 9.83. The van der Waals surface area contributed by atoms with Gasteiger partial charge in [-0.15, -0.1) is 0 Å². The number of hydrogen-bond donors (Lipinski definition) is 0. The van der Waals surface area contributed by atoms with Crippen molar-refractivity contribution >= 4 is 129 Å². The van der Waals surface area contributed by atoms with Crippen LogP contribution in [0.1, 0.15) is 32.9 Å². The second-order valence-electron chi connectivity index (χ2n) is 29.7. The molecule has 0 aliphatic heterocycles. The first-order chi connectivity index (χ1) is 69.5. The molecule has 120 heavy (non-hydrogen) atoms. The zero-order chi connectivity index (χ0) is 100. The molecule has 0 radical (unpaired) electrons. The van der Waals surface area contributed by atoms with Gasteiger partial charge in [0.15, 0.2) is 0 Å². The average molecular weight is 1540 g/mol. The van der Waals surface area contributed by atoms with Crippen LogP contribution in [-0.2, 0) is 0 Å². The molecule has 24 rings (SSSR count). The smallest absolute Gasteiger partial charge is 0.0622 e. The highest BCUT2D eigenvalue weighted by Gasteiger charge is 2.24. The van der Waals surface area contributed by atoms with Gasteiger partial charge in [0, 0.05) is 0 Å². The fourth-order valence-electron chi connectivity index (χ4n) is 17.7. The molecule has 0 aromatic heterocycles. The Morgan fingerprint density at radius 3 is 0.758 bits per heavy atom. The van der Waals surface area contributed by atoms with Crippen molar-refractivity contribution in [3.8, 4) is 100 Å². The standard InChI is InChI=1S/3C40H26/c1-2-13-29-25-31(24-23-27(29)11-1)30-15-9-16-32(26-30)39-35-18-5-7-20-37(35)40(38-21-8-6-19-36(38)39)34-22-10-14-28-12-3-4-17-33(28)34;1-2-11-27(12-3-1)29-21-22-31-26-32(24-23-30(31)25-29)39-35-16-6-8-18-37(35)40(38-19-9-7-17-36(38)39)34-20-10-14-28-13-4-5-15-33(28)34;1-2-13-27(14-3-1)30-25-26-38(32-19-7-6-18-31(30)32)40-36-22-10-8-20-34(36)39(35-21-9-11-23-37(35)40)33-24-12-16-28-15-4-5-17-29(28)33/h3*1-26H/i5D,6D,7D,8D,18D,19D,20D,21D;6D,7D,8D,9D,16D,17D,18D,19D;8D,9D,10D,11D,20D,21D,22D,23D.